The van der Waals surface area contributed by atoms with Gasteiger partial charge in [0.15, 0.2) is 23.0 Å². The van der Waals surface area contributed by atoms with Crippen molar-refractivity contribution in [3.63, 3.8) is 0 Å². The minimum Gasteiger partial charge on any atom is -0.489 e. The van der Waals surface area contributed by atoms with Gasteiger partial charge in [-0.15, -0.1) is 12.4 Å². The quantitative estimate of drug-likeness (QED) is 0.330. The number of likely N-dealkylation sites (tertiary alicyclic amines) is 1. The highest BCUT2D eigenvalue weighted by atomic mass is 35.5. The molecule has 1 saturated heterocycles. The maximum absolute atomic E-state index is 13.8. The van der Waals surface area contributed by atoms with Crippen LogP contribution in [-0.4, -0.2) is 66.7 Å². The number of methoxy groups -OCH3 is 1. The van der Waals surface area contributed by atoms with Crippen molar-refractivity contribution in [1.29, 1.82) is 0 Å². The van der Waals surface area contributed by atoms with Gasteiger partial charge < -0.3 is 40.3 Å². The molecule has 3 atom stereocenters. The SMILES string of the molecule is COC(=O)N[C@@H]1C[C@@H](CCC(N)=O)N(C(=O)c2nc(-c3ccc(OC(F)F)c(OCC4CC4)c3)oc2[C@H](C)N)C1.Cl. The highest BCUT2D eigenvalue weighted by Crippen LogP contribution is 2.37. The second-order valence-corrected chi connectivity index (χ2v) is 10.00. The highest BCUT2D eigenvalue weighted by molar-refractivity contribution is 5.94. The molecule has 1 aromatic heterocycles. The molecule has 3 amide bonds. The Balaban J connectivity index is 0.00000462. The van der Waals surface area contributed by atoms with Crippen LogP contribution < -0.4 is 26.3 Å². The summed E-state index contributed by atoms with van der Waals surface area (Å²) >= 11 is 0. The van der Waals surface area contributed by atoms with E-state index in [-0.39, 0.29) is 60.6 Å². The molecule has 1 aliphatic carbocycles. The van der Waals surface area contributed by atoms with Crippen LogP contribution in [0.3, 0.4) is 0 Å². The standard InChI is InChI=1S/C26H33F2N5O7.ClH/c1-13(29)22-21(24(35)33-11-16(31-26(36)37-2)10-17(33)6-8-20(30)34)32-23(40-22)15-5-7-18(39-25(27)28)19(9-15)38-12-14-3-4-14;/h5,7,9,13-14,16-17,25H,3-4,6,8,10-12,29H2,1-2H3,(H2,30,34)(H,31,36);1H/t13-,16+,17+;/m0./s1. The zero-order valence-electron chi connectivity index (χ0n) is 22.6. The molecule has 2 aromatic rings. The summed E-state index contributed by atoms with van der Waals surface area (Å²) in [6, 6.07) is 2.69. The Morgan fingerprint density at radius 1 is 1.24 bits per heavy atom. The Labute approximate surface area is 241 Å². The number of ether oxygens (including phenoxy) is 3. The Hall–Kier alpha value is -3.65. The number of aromatic nitrogens is 1. The first-order valence-electron chi connectivity index (χ1n) is 13.0. The van der Waals surface area contributed by atoms with Crippen molar-refractivity contribution >= 4 is 30.3 Å². The van der Waals surface area contributed by atoms with Gasteiger partial charge in [0.2, 0.25) is 11.8 Å². The monoisotopic (exact) mass is 601 g/mol. The van der Waals surface area contributed by atoms with Crippen LogP contribution in [0.5, 0.6) is 11.5 Å². The van der Waals surface area contributed by atoms with Gasteiger partial charge in [0.1, 0.15) is 0 Å². The minimum absolute atomic E-state index is 0. The summed E-state index contributed by atoms with van der Waals surface area (Å²) in [5, 5.41) is 2.68. The second kappa shape index (κ2) is 13.8. The number of oxazole rings is 1. The molecule has 226 valence electrons. The van der Waals surface area contributed by atoms with E-state index in [0.717, 1.165) is 12.8 Å². The number of primary amides is 1. The van der Waals surface area contributed by atoms with E-state index < -0.39 is 42.6 Å². The number of nitrogens with zero attached hydrogens (tertiary/aromatic N) is 2. The first-order chi connectivity index (χ1) is 19.0. The smallest absolute Gasteiger partial charge is 0.407 e. The van der Waals surface area contributed by atoms with Crippen LogP contribution in [0, 0.1) is 5.92 Å². The van der Waals surface area contributed by atoms with Crippen LogP contribution in [0.25, 0.3) is 11.5 Å². The summed E-state index contributed by atoms with van der Waals surface area (Å²) in [6.07, 6.45) is 2.06. The van der Waals surface area contributed by atoms with Crippen molar-refractivity contribution in [2.45, 2.75) is 63.8 Å². The average Bonchev–Trinajstić information content (AvgIpc) is 3.47. The van der Waals surface area contributed by atoms with E-state index in [9.17, 15) is 23.2 Å². The van der Waals surface area contributed by atoms with Crippen molar-refractivity contribution in [3.8, 4) is 23.0 Å². The first-order valence-corrected chi connectivity index (χ1v) is 13.0. The van der Waals surface area contributed by atoms with Crippen molar-refractivity contribution in [1.82, 2.24) is 15.2 Å². The Morgan fingerprint density at radius 2 is 1.98 bits per heavy atom. The average molecular weight is 602 g/mol. The van der Waals surface area contributed by atoms with Crippen LogP contribution >= 0.6 is 12.4 Å². The van der Waals surface area contributed by atoms with Crippen LogP contribution in [0.4, 0.5) is 13.6 Å². The number of carbonyl (C=O) groups excluding carboxylic acids is 3. The molecular formula is C26H34ClF2N5O7. The summed E-state index contributed by atoms with van der Waals surface area (Å²) in [5.41, 5.74) is 11.8. The van der Waals surface area contributed by atoms with Crippen molar-refractivity contribution < 1.29 is 41.8 Å². The normalized spacial score (nSPS) is 18.9. The molecule has 41 heavy (non-hydrogen) atoms. The van der Waals surface area contributed by atoms with E-state index in [1.807, 2.05) is 0 Å². The number of halogens is 3. The molecule has 2 aliphatic rings. The number of nitrogens with two attached hydrogens (primary N) is 2. The number of alkyl halides is 2. The van der Waals surface area contributed by atoms with Gasteiger partial charge in [-0.3, -0.25) is 9.59 Å². The topological polar surface area (TPSA) is 172 Å². The minimum atomic E-state index is -3.04. The number of hydrogen-bond donors (Lipinski definition) is 3. The summed E-state index contributed by atoms with van der Waals surface area (Å²) in [6.45, 7) is -0.922. The molecule has 0 unspecified atom stereocenters. The van der Waals surface area contributed by atoms with Gasteiger partial charge in [-0.25, -0.2) is 9.78 Å². The predicted molar refractivity (Wildman–Crippen MR) is 144 cm³/mol. The third-order valence-corrected chi connectivity index (χ3v) is 6.75. The van der Waals surface area contributed by atoms with Gasteiger partial charge in [0.05, 0.1) is 25.8 Å². The summed E-state index contributed by atoms with van der Waals surface area (Å²) in [7, 11) is 1.23. The maximum atomic E-state index is 13.8. The molecule has 0 bridgehead atoms. The number of hydrogen-bond acceptors (Lipinski definition) is 9. The summed E-state index contributed by atoms with van der Waals surface area (Å²) in [4.78, 5) is 42.9. The van der Waals surface area contributed by atoms with Crippen LogP contribution in [0.2, 0.25) is 0 Å². The first kappa shape index (κ1) is 31.9. The Bertz CT molecular complexity index is 1240. The lowest BCUT2D eigenvalue weighted by molar-refractivity contribution is -0.118. The lowest BCUT2D eigenvalue weighted by Crippen LogP contribution is -2.40. The van der Waals surface area contributed by atoms with Crippen molar-refractivity contribution in [2.24, 2.45) is 17.4 Å². The van der Waals surface area contributed by atoms with Gasteiger partial charge in [-0.2, -0.15) is 8.78 Å². The number of nitrogens with one attached hydrogen (secondary N) is 1. The number of amides is 3. The molecule has 15 heteroatoms. The van der Waals surface area contributed by atoms with Crippen LogP contribution in [-0.2, 0) is 9.53 Å². The van der Waals surface area contributed by atoms with Crippen LogP contribution in [0.1, 0.15) is 61.3 Å². The zero-order valence-corrected chi connectivity index (χ0v) is 23.5. The van der Waals surface area contributed by atoms with E-state index in [4.69, 9.17) is 20.6 Å². The van der Waals surface area contributed by atoms with E-state index in [2.05, 4.69) is 19.8 Å². The van der Waals surface area contributed by atoms with Crippen molar-refractivity contribution in [2.75, 3.05) is 20.3 Å². The highest BCUT2D eigenvalue weighted by Gasteiger charge is 2.39. The van der Waals surface area contributed by atoms with Gasteiger partial charge in [0.25, 0.3) is 5.91 Å². The molecule has 1 aromatic carbocycles. The second-order valence-electron chi connectivity index (χ2n) is 10.00. The van der Waals surface area contributed by atoms with Crippen LogP contribution in [0.15, 0.2) is 22.6 Å². The molecule has 12 nitrogen and oxygen atoms in total. The number of rotatable bonds is 12. The molecule has 0 radical (unpaired) electrons. The fourth-order valence-corrected chi connectivity index (χ4v) is 4.57. The number of alkyl carbamates (subject to hydrolysis) is 1. The Morgan fingerprint density at radius 3 is 2.59 bits per heavy atom. The predicted octanol–water partition coefficient (Wildman–Crippen LogP) is 3.38. The van der Waals surface area contributed by atoms with E-state index in [1.165, 1.54) is 30.2 Å². The fourth-order valence-electron chi connectivity index (χ4n) is 4.57. The molecule has 0 spiro atoms. The van der Waals surface area contributed by atoms with E-state index in [0.29, 0.717) is 24.5 Å². The third kappa shape index (κ3) is 8.19. The van der Waals surface area contributed by atoms with Crippen molar-refractivity contribution in [3.05, 3.63) is 29.7 Å². The maximum Gasteiger partial charge on any atom is 0.407 e. The fraction of sp³-hybridized carbons (Fsp3) is 0.538. The van der Waals surface area contributed by atoms with Gasteiger partial charge >= 0.3 is 12.7 Å². The number of benzene rings is 1. The molecular weight excluding hydrogens is 568 g/mol. The zero-order chi connectivity index (χ0) is 29.0. The molecule has 2 heterocycles. The molecule has 2 fully saturated rings. The summed E-state index contributed by atoms with van der Waals surface area (Å²) in [5.74, 6) is -0.545. The molecule has 1 aliphatic heterocycles. The number of carbonyl (C=O) groups is 3. The van der Waals surface area contributed by atoms with Gasteiger partial charge in [-0.05, 0) is 56.7 Å². The van der Waals surface area contributed by atoms with Gasteiger partial charge in [-0.1, -0.05) is 0 Å². The van der Waals surface area contributed by atoms with Gasteiger partial charge in [0, 0.05) is 24.6 Å². The Kier molecular flexibility index (Phi) is 10.7. The lowest BCUT2D eigenvalue weighted by Gasteiger charge is -2.23. The third-order valence-electron chi connectivity index (χ3n) is 6.75. The molecule has 5 N–H and O–H groups in total. The van der Waals surface area contributed by atoms with E-state index >= 15 is 0 Å². The largest absolute Gasteiger partial charge is 0.489 e. The lowest BCUT2D eigenvalue weighted by atomic mass is 10.1. The molecule has 4 rings (SSSR count). The molecule has 1 saturated carbocycles. The summed E-state index contributed by atoms with van der Waals surface area (Å²) < 4.78 is 46.8. The van der Waals surface area contributed by atoms with E-state index in [1.54, 1.807) is 6.92 Å².